The molecule has 4 heterocycles. The van der Waals surface area contributed by atoms with E-state index < -0.39 is 23.5 Å². The number of rotatable bonds is 7. The van der Waals surface area contributed by atoms with Crippen LogP contribution in [-0.4, -0.2) is 47.2 Å². The lowest BCUT2D eigenvalue weighted by Crippen LogP contribution is -2.15. The molecule has 202 valence electrons. The van der Waals surface area contributed by atoms with Crippen molar-refractivity contribution in [3.05, 3.63) is 76.6 Å². The summed E-state index contributed by atoms with van der Waals surface area (Å²) in [5, 5.41) is 14.7. The first-order chi connectivity index (χ1) is 18.6. The molecule has 0 saturated heterocycles. The first-order valence-electron chi connectivity index (χ1n) is 11.7. The number of aromatic nitrogens is 7. The summed E-state index contributed by atoms with van der Waals surface area (Å²) in [6.45, 7) is 5.09. The number of carbonyl (C=O) groups excluding carboxylic acids is 1. The van der Waals surface area contributed by atoms with Crippen molar-refractivity contribution in [3.8, 4) is 17.0 Å². The molecule has 0 unspecified atom stereocenters. The van der Waals surface area contributed by atoms with E-state index >= 15 is 0 Å². The Morgan fingerprint density at radius 3 is 2.67 bits per heavy atom. The number of halogens is 4. The van der Waals surface area contributed by atoms with Gasteiger partial charge < -0.3 is 10.1 Å². The Kier molecular flexibility index (Phi) is 6.76. The van der Waals surface area contributed by atoms with Gasteiger partial charge in [0, 0.05) is 29.6 Å². The lowest BCUT2D eigenvalue weighted by atomic mass is 10.1. The van der Waals surface area contributed by atoms with Crippen LogP contribution in [0.2, 0.25) is 5.02 Å². The molecule has 0 atom stereocenters. The van der Waals surface area contributed by atoms with E-state index in [4.69, 9.17) is 16.3 Å². The second kappa shape index (κ2) is 10.1. The standard InChI is InChI=1S/C25H22ClF3N8O2/c1-4-36-14(2)16(10-31-36)12-35-13-17(11-30-35)32-24(38)22-21(26)23-33-19(15-6-5-7-18(8-15)39-3)9-20(25(27,28)29)37(23)34-22/h5-11,13H,4,12H2,1-3H3,(H,32,38). The zero-order valence-electron chi connectivity index (χ0n) is 21.0. The van der Waals surface area contributed by atoms with Gasteiger partial charge in [-0.25, -0.2) is 9.50 Å². The van der Waals surface area contributed by atoms with Crippen LogP contribution in [-0.2, 0) is 19.3 Å². The van der Waals surface area contributed by atoms with E-state index in [-0.39, 0.29) is 16.4 Å². The number of amides is 1. The lowest BCUT2D eigenvalue weighted by molar-refractivity contribution is -0.142. The number of ether oxygens (including phenoxy) is 1. The number of nitrogens with zero attached hydrogens (tertiary/aromatic N) is 7. The molecule has 0 aliphatic carbocycles. The van der Waals surface area contributed by atoms with Gasteiger partial charge in [-0.3, -0.25) is 14.2 Å². The maximum atomic E-state index is 14.0. The highest BCUT2D eigenvalue weighted by atomic mass is 35.5. The molecule has 0 bridgehead atoms. The number of fused-ring (bicyclic) bond motifs is 1. The Morgan fingerprint density at radius 1 is 1.18 bits per heavy atom. The molecule has 0 saturated carbocycles. The molecular formula is C25H22ClF3N8O2. The van der Waals surface area contributed by atoms with Crippen molar-refractivity contribution in [2.45, 2.75) is 33.1 Å². The van der Waals surface area contributed by atoms with Crippen molar-refractivity contribution in [3.63, 3.8) is 0 Å². The Hall–Kier alpha value is -4.39. The molecule has 39 heavy (non-hydrogen) atoms. The molecule has 1 aromatic carbocycles. The highest BCUT2D eigenvalue weighted by molar-refractivity contribution is 6.37. The Balaban J connectivity index is 1.46. The fraction of sp³-hybridized carbons (Fsp3) is 0.240. The van der Waals surface area contributed by atoms with Crippen LogP contribution in [0.1, 0.15) is 34.4 Å². The highest BCUT2D eigenvalue weighted by Crippen LogP contribution is 2.35. The van der Waals surface area contributed by atoms with Crippen LogP contribution in [0.4, 0.5) is 18.9 Å². The Bertz CT molecular complexity index is 1690. The van der Waals surface area contributed by atoms with Crippen LogP contribution < -0.4 is 10.1 Å². The fourth-order valence-corrected chi connectivity index (χ4v) is 4.35. The van der Waals surface area contributed by atoms with E-state index in [1.165, 1.54) is 13.3 Å². The van der Waals surface area contributed by atoms with Gasteiger partial charge in [-0.15, -0.1) is 0 Å². The summed E-state index contributed by atoms with van der Waals surface area (Å²) in [6.07, 6.45) is -0.0466. The predicted octanol–water partition coefficient (Wildman–Crippen LogP) is 5.10. The molecule has 0 fully saturated rings. The van der Waals surface area contributed by atoms with Crippen molar-refractivity contribution in [1.29, 1.82) is 0 Å². The largest absolute Gasteiger partial charge is 0.497 e. The molecule has 0 spiro atoms. The molecule has 0 aliphatic rings. The van der Waals surface area contributed by atoms with Crippen LogP contribution in [0.15, 0.2) is 48.9 Å². The van der Waals surface area contributed by atoms with Crippen LogP contribution >= 0.6 is 11.6 Å². The number of hydrogen-bond donors (Lipinski definition) is 1. The van der Waals surface area contributed by atoms with Gasteiger partial charge in [0.25, 0.3) is 5.91 Å². The van der Waals surface area contributed by atoms with Gasteiger partial charge in [-0.2, -0.15) is 28.5 Å². The molecular weight excluding hydrogens is 537 g/mol. The van der Waals surface area contributed by atoms with Gasteiger partial charge in [0.05, 0.1) is 37.4 Å². The average Bonchev–Trinajstić information content (AvgIpc) is 3.60. The van der Waals surface area contributed by atoms with Crippen LogP contribution in [0.5, 0.6) is 5.75 Å². The summed E-state index contributed by atoms with van der Waals surface area (Å²) in [5.74, 6) is -0.367. The number of hydrogen-bond acceptors (Lipinski definition) is 6. The second-order valence-electron chi connectivity index (χ2n) is 8.61. The minimum absolute atomic E-state index is 0.00884. The van der Waals surface area contributed by atoms with Gasteiger partial charge in [0.1, 0.15) is 10.8 Å². The number of anilines is 1. The molecule has 5 aromatic rings. The second-order valence-corrected chi connectivity index (χ2v) is 8.98. The SMILES string of the molecule is CCn1ncc(Cn2cc(NC(=O)c3nn4c(C(F)(F)F)cc(-c5cccc(OC)c5)nc4c3Cl)cn2)c1C. The zero-order chi connectivity index (χ0) is 27.9. The number of alkyl halides is 3. The quantitative estimate of drug-likeness (QED) is 0.298. The van der Waals surface area contributed by atoms with Gasteiger partial charge in [0.2, 0.25) is 0 Å². The first kappa shape index (κ1) is 26.2. The van der Waals surface area contributed by atoms with Crippen LogP contribution in [0.3, 0.4) is 0 Å². The van der Waals surface area contributed by atoms with Gasteiger partial charge in [-0.05, 0) is 32.0 Å². The van der Waals surface area contributed by atoms with E-state index in [0.717, 1.165) is 23.9 Å². The maximum Gasteiger partial charge on any atom is 0.433 e. The van der Waals surface area contributed by atoms with Gasteiger partial charge in [-0.1, -0.05) is 23.7 Å². The van der Waals surface area contributed by atoms with E-state index in [1.54, 1.807) is 41.3 Å². The minimum atomic E-state index is -4.80. The summed E-state index contributed by atoms with van der Waals surface area (Å²) < 4.78 is 51.2. The van der Waals surface area contributed by atoms with Crippen molar-refractivity contribution in [2.24, 2.45) is 0 Å². The number of aryl methyl sites for hydroxylation is 1. The van der Waals surface area contributed by atoms with Crippen molar-refractivity contribution in [1.82, 2.24) is 34.2 Å². The number of carbonyl (C=O) groups is 1. The summed E-state index contributed by atoms with van der Waals surface area (Å²) >= 11 is 6.38. The fourth-order valence-electron chi connectivity index (χ4n) is 4.11. The molecule has 0 aliphatic heterocycles. The number of methoxy groups -OCH3 is 1. The van der Waals surface area contributed by atoms with Crippen molar-refractivity contribution in [2.75, 3.05) is 12.4 Å². The average molecular weight is 559 g/mol. The molecule has 4 aromatic heterocycles. The smallest absolute Gasteiger partial charge is 0.433 e. The van der Waals surface area contributed by atoms with E-state index in [0.29, 0.717) is 28.1 Å². The van der Waals surface area contributed by atoms with Crippen molar-refractivity contribution < 1.29 is 22.7 Å². The van der Waals surface area contributed by atoms with E-state index in [9.17, 15) is 18.0 Å². The predicted molar refractivity (Wildman–Crippen MR) is 137 cm³/mol. The Labute approximate surface area is 225 Å². The monoisotopic (exact) mass is 558 g/mol. The molecule has 0 radical (unpaired) electrons. The van der Waals surface area contributed by atoms with Crippen LogP contribution in [0, 0.1) is 6.92 Å². The topological polar surface area (TPSA) is 104 Å². The molecule has 14 heteroatoms. The lowest BCUT2D eigenvalue weighted by Gasteiger charge is -2.11. The molecule has 5 rings (SSSR count). The minimum Gasteiger partial charge on any atom is -0.497 e. The molecule has 1 N–H and O–H groups in total. The summed E-state index contributed by atoms with van der Waals surface area (Å²) in [5.41, 5.74) is 0.772. The third-order valence-corrected chi connectivity index (χ3v) is 6.48. The zero-order valence-corrected chi connectivity index (χ0v) is 21.7. The Morgan fingerprint density at radius 2 is 1.97 bits per heavy atom. The summed E-state index contributed by atoms with van der Waals surface area (Å²) in [6, 6.07) is 7.26. The van der Waals surface area contributed by atoms with Gasteiger partial charge in [0.15, 0.2) is 17.0 Å². The normalized spacial score (nSPS) is 11.8. The van der Waals surface area contributed by atoms with Crippen molar-refractivity contribution >= 4 is 28.8 Å². The number of benzene rings is 1. The van der Waals surface area contributed by atoms with Crippen LogP contribution in [0.25, 0.3) is 16.9 Å². The van der Waals surface area contributed by atoms with E-state index in [2.05, 4.69) is 25.6 Å². The first-order valence-corrected chi connectivity index (χ1v) is 12.1. The maximum absolute atomic E-state index is 14.0. The highest BCUT2D eigenvalue weighted by Gasteiger charge is 2.37. The number of nitrogens with one attached hydrogen (secondary N) is 1. The molecule has 1 amide bonds. The summed E-state index contributed by atoms with van der Waals surface area (Å²) in [4.78, 5) is 17.3. The third-order valence-electron chi connectivity index (χ3n) is 6.13. The third kappa shape index (κ3) is 5.04. The summed E-state index contributed by atoms with van der Waals surface area (Å²) in [7, 11) is 1.44. The van der Waals surface area contributed by atoms with Gasteiger partial charge >= 0.3 is 6.18 Å². The van der Waals surface area contributed by atoms with E-state index in [1.807, 2.05) is 18.5 Å². The molecule has 10 nitrogen and oxygen atoms in total.